The summed E-state index contributed by atoms with van der Waals surface area (Å²) in [6, 6.07) is 5.04. The summed E-state index contributed by atoms with van der Waals surface area (Å²) in [5.74, 6) is -0.0137. The normalized spacial score (nSPS) is 18.4. The van der Waals surface area contributed by atoms with Gasteiger partial charge in [0.15, 0.2) is 0 Å². The molecule has 0 spiro atoms. The minimum absolute atomic E-state index is 0.0137. The van der Waals surface area contributed by atoms with E-state index in [1.807, 2.05) is 0 Å². The molecule has 1 aromatic rings. The number of benzene rings is 1. The standard InChI is InChI=1S/C15H20Cl2N2O/c16-11-7-12(17)9-13(8-11)19-14(20)15(10-18)5-3-1-2-4-6-15/h7-9H,1-6,10,18H2,(H,19,20). The molecule has 2 rings (SSSR count). The number of hydrogen-bond acceptors (Lipinski definition) is 2. The Hall–Kier alpha value is -0.770. The molecule has 3 nitrogen and oxygen atoms in total. The van der Waals surface area contributed by atoms with Gasteiger partial charge in [0.25, 0.3) is 0 Å². The van der Waals surface area contributed by atoms with Crippen LogP contribution in [0.5, 0.6) is 0 Å². The minimum atomic E-state index is -0.453. The van der Waals surface area contributed by atoms with Crippen LogP contribution in [0.1, 0.15) is 38.5 Å². The molecule has 5 heteroatoms. The Kier molecular flexibility index (Phi) is 5.30. The van der Waals surface area contributed by atoms with Gasteiger partial charge in [0.2, 0.25) is 5.91 Å². The first-order chi connectivity index (χ1) is 9.55. The molecular weight excluding hydrogens is 295 g/mol. The summed E-state index contributed by atoms with van der Waals surface area (Å²) in [7, 11) is 0. The lowest BCUT2D eigenvalue weighted by Crippen LogP contribution is -2.42. The van der Waals surface area contributed by atoms with E-state index in [2.05, 4.69) is 5.32 Å². The van der Waals surface area contributed by atoms with Crippen molar-refractivity contribution < 1.29 is 4.79 Å². The van der Waals surface area contributed by atoms with Crippen LogP contribution in [-0.4, -0.2) is 12.5 Å². The van der Waals surface area contributed by atoms with Crippen molar-refractivity contribution in [2.24, 2.45) is 11.1 Å². The lowest BCUT2D eigenvalue weighted by molar-refractivity contribution is -0.125. The molecule has 1 fully saturated rings. The Morgan fingerprint density at radius 1 is 1.10 bits per heavy atom. The maximum absolute atomic E-state index is 12.6. The van der Waals surface area contributed by atoms with E-state index in [1.165, 1.54) is 12.8 Å². The second-order valence-corrected chi connectivity index (χ2v) is 6.38. The van der Waals surface area contributed by atoms with Gasteiger partial charge in [-0.05, 0) is 31.0 Å². The molecule has 1 aliphatic carbocycles. The zero-order valence-corrected chi connectivity index (χ0v) is 12.9. The van der Waals surface area contributed by atoms with Crippen molar-refractivity contribution in [3.8, 4) is 0 Å². The first kappa shape index (κ1) is 15.6. The third-order valence-electron chi connectivity index (χ3n) is 4.05. The van der Waals surface area contributed by atoms with Gasteiger partial charge in [0, 0.05) is 22.3 Å². The van der Waals surface area contributed by atoms with Crippen LogP contribution in [0.3, 0.4) is 0 Å². The van der Waals surface area contributed by atoms with Crippen molar-refractivity contribution in [2.75, 3.05) is 11.9 Å². The number of halogens is 2. The van der Waals surface area contributed by atoms with E-state index in [1.54, 1.807) is 18.2 Å². The molecule has 1 amide bonds. The molecule has 0 aliphatic heterocycles. The Bertz CT molecular complexity index is 463. The van der Waals surface area contributed by atoms with Crippen LogP contribution in [0.4, 0.5) is 5.69 Å². The van der Waals surface area contributed by atoms with E-state index in [0.29, 0.717) is 22.3 Å². The average Bonchev–Trinajstić information content (AvgIpc) is 2.63. The van der Waals surface area contributed by atoms with Crippen molar-refractivity contribution in [1.29, 1.82) is 0 Å². The van der Waals surface area contributed by atoms with Crippen LogP contribution in [0.15, 0.2) is 18.2 Å². The lowest BCUT2D eigenvalue weighted by atomic mass is 9.79. The van der Waals surface area contributed by atoms with Crippen molar-refractivity contribution in [1.82, 2.24) is 0 Å². The highest BCUT2D eigenvalue weighted by Gasteiger charge is 2.37. The number of nitrogens with two attached hydrogens (primary N) is 1. The zero-order valence-electron chi connectivity index (χ0n) is 11.4. The molecule has 110 valence electrons. The van der Waals surface area contributed by atoms with Crippen molar-refractivity contribution in [3.05, 3.63) is 28.2 Å². The highest BCUT2D eigenvalue weighted by molar-refractivity contribution is 6.35. The summed E-state index contributed by atoms with van der Waals surface area (Å²) in [4.78, 5) is 12.6. The third-order valence-corrected chi connectivity index (χ3v) is 4.49. The predicted molar refractivity (Wildman–Crippen MR) is 84.3 cm³/mol. The molecular formula is C15H20Cl2N2O. The summed E-state index contributed by atoms with van der Waals surface area (Å²) in [5.41, 5.74) is 6.09. The van der Waals surface area contributed by atoms with Gasteiger partial charge in [0.1, 0.15) is 0 Å². The zero-order chi connectivity index (χ0) is 14.6. The number of hydrogen-bond donors (Lipinski definition) is 2. The molecule has 0 atom stereocenters. The highest BCUT2D eigenvalue weighted by Crippen LogP contribution is 2.35. The van der Waals surface area contributed by atoms with Crippen LogP contribution >= 0.6 is 23.2 Å². The predicted octanol–water partition coefficient (Wildman–Crippen LogP) is 4.23. The quantitative estimate of drug-likeness (QED) is 0.820. The number of anilines is 1. The molecule has 20 heavy (non-hydrogen) atoms. The van der Waals surface area contributed by atoms with Gasteiger partial charge in [0.05, 0.1) is 5.41 Å². The Labute approximate surface area is 129 Å². The van der Waals surface area contributed by atoms with Crippen molar-refractivity contribution >= 4 is 34.8 Å². The summed E-state index contributed by atoms with van der Waals surface area (Å²) >= 11 is 11.9. The third kappa shape index (κ3) is 3.66. The molecule has 0 bridgehead atoms. The molecule has 0 radical (unpaired) electrons. The monoisotopic (exact) mass is 314 g/mol. The summed E-state index contributed by atoms with van der Waals surface area (Å²) in [5, 5.41) is 3.94. The van der Waals surface area contributed by atoms with E-state index < -0.39 is 5.41 Å². The highest BCUT2D eigenvalue weighted by atomic mass is 35.5. The van der Waals surface area contributed by atoms with Gasteiger partial charge in [-0.1, -0.05) is 48.9 Å². The summed E-state index contributed by atoms with van der Waals surface area (Å²) in [6.45, 7) is 0.382. The van der Waals surface area contributed by atoms with Crippen LogP contribution in [0.25, 0.3) is 0 Å². The Morgan fingerprint density at radius 2 is 1.65 bits per heavy atom. The fourth-order valence-corrected chi connectivity index (χ4v) is 3.34. The Balaban J connectivity index is 2.16. The maximum atomic E-state index is 12.6. The number of amides is 1. The SMILES string of the molecule is NCC1(C(=O)Nc2cc(Cl)cc(Cl)c2)CCCCCC1. The fourth-order valence-electron chi connectivity index (χ4n) is 2.82. The van der Waals surface area contributed by atoms with Gasteiger partial charge < -0.3 is 11.1 Å². The smallest absolute Gasteiger partial charge is 0.231 e. The number of carbonyl (C=O) groups is 1. The molecule has 0 unspecified atom stereocenters. The largest absolute Gasteiger partial charge is 0.329 e. The first-order valence-corrected chi connectivity index (χ1v) is 7.79. The van der Waals surface area contributed by atoms with Crippen molar-refractivity contribution in [2.45, 2.75) is 38.5 Å². The summed E-state index contributed by atoms with van der Waals surface area (Å²) in [6.07, 6.45) is 6.17. The number of nitrogens with one attached hydrogen (secondary N) is 1. The fraction of sp³-hybridized carbons (Fsp3) is 0.533. The Morgan fingerprint density at radius 3 is 2.15 bits per heavy atom. The lowest BCUT2D eigenvalue weighted by Gasteiger charge is -2.29. The van der Waals surface area contributed by atoms with Gasteiger partial charge in [-0.2, -0.15) is 0 Å². The first-order valence-electron chi connectivity index (χ1n) is 7.03. The van der Waals surface area contributed by atoms with Crippen LogP contribution in [0.2, 0.25) is 10.0 Å². The molecule has 0 heterocycles. The minimum Gasteiger partial charge on any atom is -0.329 e. The maximum Gasteiger partial charge on any atom is 0.231 e. The van der Waals surface area contributed by atoms with Gasteiger partial charge in [-0.15, -0.1) is 0 Å². The average molecular weight is 315 g/mol. The second-order valence-electron chi connectivity index (χ2n) is 5.51. The van der Waals surface area contributed by atoms with Gasteiger partial charge in [-0.3, -0.25) is 4.79 Å². The number of carbonyl (C=O) groups excluding carboxylic acids is 1. The van der Waals surface area contributed by atoms with Crippen molar-refractivity contribution in [3.63, 3.8) is 0 Å². The molecule has 3 N–H and O–H groups in total. The van der Waals surface area contributed by atoms with Crippen LogP contribution in [-0.2, 0) is 4.79 Å². The molecule has 0 saturated heterocycles. The van der Waals surface area contributed by atoms with Crippen LogP contribution in [0, 0.1) is 5.41 Å². The summed E-state index contributed by atoms with van der Waals surface area (Å²) < 4.78 is 0. The van der Waals surface area contributed by atoms with E-state index in [0.717, 1.165) is 25.7 Å². The van der Waals surface area contributed by atoms with E-state index in [9.17, 15) is 4.79 Å². The van der Waals surface area contributed by atoms with Gasteiger partial charge >= 0.3 is 0 Å². The topological polar surface area (TPSA) is 55.1 Å². The molecule has 1 saturated carbocycles. The van der Waals surface area contributed by atoms with E-state index >= 15 is 0 Å². The van der Waals surface area contributed by atoms with Crippen LogP contribution < -0.4 is 11.1 Å². The second kappa shape index (κ2) is 6.79. The van der Waals surface area contributed by atoms with E-state index in [-0.39, 0.29) is 5.91 Å². The number of rotatable bonds is 3. The molecule has 1 aromatic carbocycles. The molecule has 0 aromatic heterocycles. The van der Waals surface area contributed by atoms with E-state index in [4.69, 9.17) is 28.9 Å². The van der Waals surface area contributed by atoms with Gasteiger partial charge in [-0.25, -0.2) is 0 Å². The molecule has 1 aliphatic rings.